The number of methoxy groups -OCH3 is 1. The SMILES string of the molecule is CCOc1cc(CNCCc2ccc(OC)cc2)ccc1OCc1c(F)cccc1Cl. The van der Waals surface area contributed by atoms with Crippen molar-refractivity contribution in [1.82, 2.24) is 5.32 Å². The van der Waals surface area contributed by atoms with Gasteiger partial charge in [0.2, 0.25) is 0 Å². The van der Waals surface area contributed by atoms with E-state index in [1.54, 1.807) is 19.2 Å². The lowest BCUT2D eigenvalue weighted by Crippen LogP contribution is -2.16. The van der Waals surface area contributed by atoms with Crippen molar-refractivity contribution in [2.45, 2.75) is 26.5 Å². The van der Waals surface area contributed by atoms with Crippen LogP contribution < -0.4 is 19.5 Å². The third-order valence-electron chi connectivity index (χ3n) is 4.82. The Morgan fingerprint density at radius 1 is 0.935 bits per heavy atom. The first-order chi connectivity index (χ1) is 15.1. The molecule has 1 N–H and O–H groups in total. The van der Waals surface area contributed by atoms with Gasteiger partial charge in [-0.05, 0) is 67.4 Å². The minimum absolute atomic E-state index is 0.0328. The highest BCUT2D eigenvalue weighted by atomic mass is 35.5. The molecule has 0 bridgehead atoms. The van der Waals surface area contributed by atoms with Crippen LogP contribution in [0.5, 0.6) is 17.2 Å². The van der Waals surface area contributed by atoms with Gasteiger partial charge < -0.3 is 19.5 Å². The molecule has 0 spiro atoms. The van der Waals surface area contributed by atoms with Gasteiger partial charge in [-0.1, -0.05) is 35.9 Å². The normalized spacial score (nSPS) is 10.7. The number of ether oxygens (including phenoxy) is 3. The Labute approximate surface area is 187 Å². The van der Waals surface area contributed by atoms with Crippen LogP contribution in [0.3, 0.4) is 0 Å². The van der Waals surface area contributed by atoms with E-state index in [-0.39, 0.29) is 12.4 Å². The summed E-state index contributed by atoms with van der Waals surface area (Å²) in [6, 6.07) is 18.4. The van der Waals surface area contributed by atoms with Crippen LogP contribution in [0.4, 0.5) is 4.39 Å². The van der Waals surface area contributed by atoms with Gasteiger partial charge in [-0.2, -0.15) is 0 Å². The van der Waals surface area contributed by atoms with Gasteiger partial charge in [0.15, 0.2) is 11.5 Å². The number of halogens is 2. The summed E-state index contributed by atoms with van der Waals surface area (Å²) in [5, 5.41) is 3.79. The molecule has 0 saturated carbocycles. The topological polar surface area (TPSA) is 39.7 Å². The molecule has 0 heterocycles. The highest BCUT2D eigenvalue weighted by Crippen LogP contribution is 2.30. The average molecular weight is 444 g/mol. The maximum absolute atomic E-state index is 14.0. The van der Waals surface area contributed by atoms with E-state index in [4.69, 9.17) is 25.8 Å². The molecule has 0 aliphatic heterocycles. The molecule has 0 fully saturated rings. The van der Waals surface area contributed by atoms with Gasteiger partial charge in [0.1, 0.15) is 18.2 Å². The smallest absolute Gasteiger partial charge is 0.161 e. The van der Waals surface area contributed by atoms with Gasteiger partial charge in [-0.25, -0.2) is 4.39 Å². The molecule has 0 radical (unpaired) electrons. The predicted molar refractivity (Wildman–Crippen MR) is 122 cm³/mol. The van der Waals surface area contributed by atoms with Crippen molar-refractivity contribution in [3.8, 4) is 17.2 Å². The lowest BCUT2D eigenvalue weighted by Gasteiger charge is -2.15. The monoisotopic (exact) mass is 443 g/mol. The van der Waals surface area contributed by atoms with Crippen molar-refractivity contribution in [1.29, 1.82) is 0 Å². The van der Waals surface area contributed by atoms with Gasteiger partial charge >= 0.3 is 0 Å². The molecule has 0 aliphatic rings. The van der Waals surface area contributed by atoms with E-state index in [0.29, 0.717) is 35.2 Å². The zero-order valence-corrected chi connectivity index (χ0v) is 18.5. The Kier molecular flexibility index (Phi) is 8.56. The van der Waals surface area contributed by atoms with Gasteiger partial charge in [-0.15, -0.1) is 0 Å². The highest BCUT2D eigenvalue weighted by Gasteiger charge is 2.11. The van der Waals surface area contributed by atoms with E-state index in [2.05, 4.69) is 17.4 Å². The van der Waals surface area contributed by atoms with Crippen LogP contribution in [0, 0.1) is 5.82 Å². The maximum atomic E-state index is 14.0. The fraction of sp³-hybridized carbons (Fsp3) is 0.280. The predicted octanol–water partition coefficient (Wildman–Crippen LogP) is 5.80. The van der Waals surface area contributed by atoms with E-state index in [9.17, 15) is 4.39 Å². The quantitative estimate of drug-likeness (QED) is 0.380. The molecular formula is C25H27ClFNO3. The van der Waals surface area contributed by atoms with Crippen LogP contribution in [-0.2, 0) is 19.6 Å². The molecule has 3 rings (SSSR count). The molecule has 3 aromatic carbocycles. The number of hydrogen-bond donors (Lipinski definition) is 1. The van der Waals surface area contributed by atoms with E-state index >= 15 is 0 Å². The molecular weight excluding hydrogens is 417 g/mol. The molecule has 3 aromatic rings. The van der Waals surface area contributed by atoms with Crippen LogP contribution in [0.15, 0.2) is 60.7 Å². The Hall–Kier alpha value is -2.76. The van der Waals surface area contributed by atoms with Crippen molar-refractivity contribution < 1.29 is 18.6 Å². The zero-order valence-electron chi connectivity index (χ0n) is 17.8. The second kappa shape index (κ2) is 11.6. The molecule has 0 atom stereocenters. The van der Waals surface area contributed by atoms with E-state index < -0.39 is 0 Å². The molecule has 0 aromatic heterocycles. The largest absolute Gasteiger partial charge is 0.497 e. The molecule has 0 amide bonds. The Morgan fingerprint density at radius 2 is 1.71 bits per heavy atom. The lowest BCUT2D eigenvalue weighted by atomic mass is 10.1. The zero-order chi connectivity index (χ0) is 22.1. The Balaban J connectivity index is 1.56. The second-order valence-electron chi connectivity index (χ2n) is 6.98. The van der Waals surface area contributed by atoms with E-state index in [1.165, 1.54) is 11.6 Å². The molecule has 164 valence electrons. The van der Waals surface area contributed by atoms with Crippen LogP contribution in [0.2, 0.25) is 5.02 Å². The van der Waals surface area contributed by atoms with Crippen LogP contribution in [0.25, 0.3) is 0 Å². The van der Waals surface area contributed by atoms with Crippen LogP contribution in [0.1, 0.15) is 23.6 Å². The molecule has 0 aliphatic carbocycles. The fourth-order valence-electron chi connectivity index (χ4n) is 3.13. The fourth-order valence-corrected chi connectivity index (χ4v) is 3.35. The Bertz CT molecular complexity index is 959. The second-order valence-corrected chi connectivity index (χ2v) is 7.39. The lowest BCUT2D eigenvalue weighted by molar-refractivity contribution is 0.265. The van der Waals surface area contributed by atoms with Crippen LogP contribution in [-0.4, -0.2) is 20.3 Å². The van der Waals surface area contributed by atoms with Crippen molar-refractivity contribution in [2.75, 3.05) is 20.3 Å². The number of benzene rings is 3. The highest BCUT2D eigenvalue weighted by molar-refractivity contribution is 6.31. The molecule has 6 heteroatoms. The third-order valence-corrected chi connectivity index (χ3v) is 5.17. The first-order valence-corrected chi connectivity index (χ1v) is 10.6. The number of hydrogen-bond acceptors (Lipinski definition) is 4. The molecule has 31 heavy (non-hydrogen) atoms. The first kappa shape index (κ1) is 22.9. The minimum atomic E-state index is -0.386. The first-order valence-electron chi connectivity index (χ1n) is 10.3. The average Bonchev–Trinajstić information content (AvgIpc) is 2.78. The Morgan fingerprint density at radius 3 is 2.42 bits per heavy atom. The number of nitrogens with one attached hydrogen (secondary N) is 1. The molecule has 0 unspecified atom stereocenters. The number of rotatable bonds is 11. The summed E-state index contributed by atoms with van der Waals surface area (Å²) in [5.41, 5.74) is 2.66. The third kappa shape index (κ3) is 6.61. The summed E-state index contributed by atoms with van der Waals surface area (Å²) in [5.74, 6) is 1.66. The van der Waals surface area contributed by atoms with Gasteiger partial charge in [0.05, 0.1) is 18.7 Å². The van der Waals surface area contributed by atoms with Crippen molar-refractivity contribution in [3.05, 3.63) is 88.2 Å². The summed E-state index contributed by atoms with van der Waals surface area (Å²) in [7, 11) is 1.67. The molecule has 4 nitrogen and oxygen atoms in total. The van der Waals surface area contributed by atoms with E-state index in [0.717, 1.165) is 24.3 Å². The molecule has 0 saturated heterocycles. The van der Waals surface area contributed by atoms with Gasteiger partial charge in [0.25, 0.3) is 0 Å². The maximum Gasteiger partial charge on any atom is 0.161 e. The summed E-state index contributed by atoms with van der Waals surface area (Å²) < 4.78 is 30.7. The van der Waals surface area contributed by atoms with Gasteiger partial charge in [-0.3, -0.25) is 0 Å². The van der Waals surface area contributed by atoms with Gasteiger partial charge in [0, 0.05) is 12.1 Å². The van der Waals surface area contributed by atoms with Crippen molar-refractivity contribution >= 4 is 11.6 Å². The van der Waals surface area contributed by atoms with Crippen molar-refractivity contribution in [2.24, 2.45) is 0 Å². The summed E-state index contributed by atoms with van der Waals surface area (Å²) >= 11 is 6.09. The van der Waals surface area contributed by atoms with E-state index in [1.807, 2.05) is 37.3 Å². The summed E-state index contributed by atoms with van der Waals surface area (Å²) in [6.07, 6.45) is 0.924. The van der Waals surface area contributed by atoms with Crippen LogP contribution >= 0.6 is 11.6 Å². The minimum Gasteiger partial charge on any atom is -0.497 e. The summed E-state index contributed by atoms with van der Waals surface area (Å²) in [6.45, 7) is 4.00. The standard InChI is InChI=1S/C25H27ClFNO3/c1-3-30-25-15-19(16-28-14-13-18-7-10-20(29-2)11-8-18)9-12-24(25)31-17-21-22(26)5-4-6-23(21)27/h4-12,15,28H,3,13-14,16-17H2,1-2H3. The summed E-state index contributed by atoms with van der Waals surface area (Å²) in [4.78, 5) is 0. The van der Waals surface area contributed by atoms with Crippen molar-refractivity contribution in [3.63, 3.8) is 0 Å².